The van der Waals surface area contributed by atoms with Crippen molar-refractivity contribution in [2.45, 2.75) is 19.9 Å². The number of imidazole rings is 1. The number of hydrogen-bond acceptors (Lipinski definition) is 3. The monoisotopic (exact) mass is 216 g/mol. The Bertz CT molecular complexity index is 458. The number of aryl methyl sites for hydroxylation is 2. The van der Waals surface area contributed by atoms with E-state index in [1.165, 1.54) is 0 Å². The quantitative estimate of drug-likeness (QED) is 0.856. The van der Waals surface area contributed by atoms with Crippen LogP contribution in [0.15, 0.2) is 30.7 Å². The molecule has 0 saturated heterocycles. The first kappa shape index (κ1) is 10.7. The fraction of sp³-hybridized carbons (Fsp3) is 0.333. The number of hydrogen-bond donors (Lipinski definition) is 1. The summed E-state index contributed by atoms with van der Waals surface area (Å²) in [5, 5.41) is 3.32. The fourth-order valence-corrected chi connectivity index (χ4v) is 1.63. The maximum Gasteiger partial charge on any atom is 0.130 e. The molecule has 1 N–H and O–H groups in total. The maximum atomic E-state index is 4.31. The Morgan fingerprint density at radius 3 is 2.69 bits per heavy atom. The van der Waals surface area contributed by atoms with Crippen LogP contribution in [0.1, 0.15) is 24.4 Å². The zero-order valence-electron chi connectivity index (χ0n) is 9.81. The van der Waals surface area contributed by atoms with E-state index < -0.39 is 0 Å². The van der Waals surface area contributed by atoms with Crippen LogP contribution >= 0.6 is 0 Å². The highest BCUT2D eigenvalue weighted by Gasteiger charge is 2.09. The van der Waals surface area contributed by atoms with Crippen LogP contribution in [0.2, 0.25) is 0 Å². The minimum absolute atomic E-state index is 0.148. The van der Waals surface area contributed by atoms with Gasteiger partial charge in [0.15, 0.2) is 0 Å². The molecule has 4 nitrogen and oxygen atoms in total. The molecule has 2 heterocycles. The van der Waals surface area contributed by atoms with Crippen LogP contribution in [0.25, 0.3) is 0 Å². The summed E-state index contributed by atoms with van der Waals surface area (Å²) < 4.78 is 2.01. The predicted molar refractivity (Wildman–Crippen MR) is 64.2 cm³/mol. The van der Waals surface area contributed by atoms with E-state index >= 15 is 0 Å². The summed E-state index contributed by atoms with van der Waals surface area (Å²) in [6, 6.07) is 4.17. The molecule has 4 heteroatoms. The van der Waals surface area contributed by atoms with Crippen molar-refractivity contribution in [1.29, 1.82) is 0 Å². The van der Waals surface area contributed by atoms with E-state index in [-0.39, 0.29) is 6.04 Å². The molecule has 0 bridgehead atoms. The molecule has 0 spiro atoms. The van der Waals surface area contributed by atoms with Crippen molar-refractivity contribution in [3.05, 3.63) is 42.1 Å². The zero-order valence-corrected chi connectivity index (χ0v) is 9.81. The van der Waals surface area contributed by atoms with Gasteiger partial charge in [0.05, 0.1) is 6.04 Å². The molecule has 0 amide bonds. The molecule has 0 fully saturated rings. The molecule has 2 aromatic heterocycles. The topological polar surface area (TPSA) is 42.7 Å². The first-order valence-electron chi connectivity index (χ1n) is 5.33. The fourth-order valence-electron chi connectivity index (χ4n) is 1.63. The van der Waals surface area contributed by atoms with Crippen molar-refractivity contribution >= 4 is 5.82 Å². The minimum Gasteiger partial charge on any atom is -0.360 e. The van der Waals surface area contributed by atoms with E-state index in [1.54, 1.807) is 6.20 Å². The Labute approximate surface area is 95.4 Å². The molecule has 1 unspecified atom stereocenters. The van der Waals surface area contributed by atoms with Gasteiger partial charge in [-0.25, -0.2) is 9.97 Å². The lowest BCUT2D eigenvalue weighted by Crippen LogP contribution is -2.12. The highest BCUT2D eigenvalue weighted by Crippen LogP contribution is 2.15. The lowest BCUT2D eigenvalue weighted by molar-refractivity contribution is 0.719. The summed E-state index contributed by atoms with van der Waals surface area (Å²) >= 11 is 0. The molecule has 2 aromatic rings. The number of rotatable bonds is 3. The third-order valence-electron chi connectivity index (χ3n) is 2.52. The summed E-state index contributed by atoms with van der Waals surface area (Å²) in [5.41, 5.74) is 1.16. The highest BCUT2D eigenvalue weighted by molar-refractivity contribution is 5.37. The molecular formula is C12H16N4. The Hall–Kier alpha value is -1.84. The van der Waals surface area contributed by atoms with Crippen molar-refractivity contribution in [3.8, 4) is 0 Å². The van der Waals surface area contributed by atoms with Gasteiger partial charge in [0.25, 0.3) is 0 Å². The van der Waals surface area contributed by atoms with Crippen LogP contribution in [0.5, 0.6) is 0 Å². The maximum absolute atomic E-state index is 4.31. The van der Waals surface area contributed by atoms with Crippen LogP contribution in [0.3, 0.4) is 0 Å². The highest BCUT2D eigenvalue weighted by atomic mass is 15.1. The van der Waals surface area contributed by atoms with E-state index in [9.17, 15) is 0 Å². The molecule has 84 valence electrons. The van der Waals surface area contributed by atoms with Gasteiger partial charge in [-0.1, -0.05) is 6.07 Å². The van der Waals surface area contributed by atoms with E-state index in [2.05, 4.69) is 22.2 Å². The number of pyridine rings is 1. The van der Waals surface area contributed by atoms with Gasteiger partial charge < -0.3 is 9.88 Å². The Morgan fingerprint density at radius 2 is 2.12 bits per heavy atom. The number of nitrogens with one attached hydrogen (secondary N) is 1. The van der Waals surface area contributed by atoms with E-state index in [1.807, 2.05) is 43.1 Å². The molecule has 2 rings (SSSR count). The molecule has 0 radical (unpaired) electrons. The van der Waals surface area contributed by atoms with E-state index in [0.717, 1.165) is 17.2 Å². The summed E-state index contributed by atoms with van der Waals surface area (Å²) in [6.45, 7) is 4.10. The SMILES string of the molecule is Cc1ccc(NC(C)c2nccn2C)nc1. The average Bonchev–Trinajstić information content (AvgIpc) is 2.68. The molecule has 1 atom stereocenters. The van der Waals surface area contributed by atoms with Crippen molar-refractivity contribution < 1.29 is 0 Å². The molecule has 0 aliphatic rings. The Balaban J connectivity index is 2.10. The summed E-state index contributed by atoms with van der Waals surface area (Å²) in [7, 11) is 1.99. The van der Waals surface area contributed by atoms with Gasteiger partial charge in [0, 0.05) is 25.6 Å². The molecule has 0 saturated carbocycles. The molecular weight excluding hydrogens is 200 g/mol. The van der Waals surface area contributed by atoms with E-state index in [0.29, 0.717) is 0 Å². The Morgan fingerprint density at radius 1 is 1.31 bits per heavy atom. The van der Waals surface area contributed by atoms with Crippen molar-refractivity contribution in [1.82, 2.24) is 14.5 Å². The summed E-state index contributed by atoms with van der Waals surface area (Å²) in [5.74, 6) is 1.88. The third-order valence-corrected chi connectivity index (χ3v) is 2.52. The van der Waals surface area contributed by atoms with Crippen LogP contribution < -0.4 is 5.32 Å². The molecule has 0 aliphatic heterocycles. The van der Waals surface area contributed by atoms with Gasteiger partial charge in [-0.3, -0.25) is 0 Å². The first-order chi connectivity index (χ1) is 7.66. The van der Waals surface area contributed by atoms with Crippen LogP contribution in [-0.4, -0.2) is 14.5 Å². The standard InChI is InChI=1S/C12H16N4/c1-9-4-5-11(14-8-9)15-10(2)12-13-6-7-16(12)3/h4-8,10H,1-3H3,(H,14,15). The van der Waals surface area contributed by atoms with Gasteiger partial charge in [0.1, 0.15) is 11.6 Å². The van der Waals surface area contributed by atoms with Gasteiger partial charge in [-0.05, 0) is 25.5 Å². The number of anilines is 1. The Kier molecular flexibility index (Phi) is 2.90. The van der Waals surface area contributed by atoms with Crippen LogP contribution in [-0.2, 0) is 7.05 Å². The van der Waals surface area contributed by atoms with Crippen molar-refractivity contribution in [2.75, 3.05) is 5.32 Å². The summed E-state index contributed by atoms with van der Waals surface area (Å²) in [4.78, 5) is 8.61. The van der Waals surface area contributed by atoms with Gasteiger partial charge in [-0.2, -0.15) is 0 Å². The largest absolute Gasteiger partial charge is 0.360 e. The van der Waals surface area contributed by atoms with Gasteiger partial charge >= 0.3 is 0 Å². The second kappa shape index (κ2) is 4.35. The molecule has 0 aromatic carbocycles. The van der Waals surface area contributed by atoms with Crippen molar-refractivity contribution in [3.63, 3.8) is 0 Å². The lowest BCUT2D eigenvalue weighted by atomic mass is 10.3. The van der Waals surface area contributed by atoms with E-state index in [4.69, 9.17) is 0 Å². The second-order valence-electron chi connectivity index (χ2n) is 3.98. The lowest BCUT2D eigenvalue weighted by Gasteiger charge is -2.14. The van der Waals surface area contributed by atoms with Gasteiger partial charge in [0.2, 0.25) is 0 Å². The van der Waals surface area contributed by atoms with Gasteiger partial charge in [-0.15, -0.1) is 0 Å². The molecule has 16 heavy (non-hydrogen) atoms. The molecule has 0 aliphatic carbocycles. The normalized spacial score (nSPS) is 12.4. The van der Waals surface area contributed by atoms with Crippen molar-refractivity contribution in [2.24, 2.45) is 7.05 Å². The predicted octanol–water partition coefficient (Wildman–Crippen LogP) is 2.30. The van der Waals surface area contributed by atoms with Crippen LogP contribution in [0.4, 0.5) is 5.82 Å². The first-order valence-corrected chi connectivity index (χ1v) is 5.33. The summed E-state index contributed by atoms with van der Waals surface area (Å²) in [6.07, 6.45) is 5.60. The smallest absolute Gasteiger partial charge is 0.130 e. The van der Waals surface area contributed by atoms with Crippen LogP contribution in [0, 0.1) is 6.92 Å². The minimum atomic E-state index is 0.148. The zero-order chi connectivity index (χ0) is 11.5. The second-order valence-corrected chi connectivity index (χ2v) is 3.98. The third kappa shape index (κ3) is 2.21. The average molecular weight is 216 g/mol. The number of nitrogens with zero attached hydrogens (tertiary/aromatic N) is 3. The number of aromatic nitrogens is 3.